The molecule has 19 heavy (non-hydrogen) atoms. The van der Waals surface area contributed by atoms with E-state index in [-0.39, 0.29) is 6.04 Å². The fraction of sp³-hybridized carbons (Fsp3) is 0.625. The topological polar surface area (TPSA) is 47.3 Å². The van der Waals surface area contributed by atoms with E-state index in [2.05, 4.69) is 29.6 Å². The first-order chi connectivity index (χ1) is 9.36. The number of hydrogen-bond donors (Lipinski definition) is 2. The highest BCUT2D eigenvalue weighted by Gasteiger charge is 2.23. The molecular formula is C16H24N2O. The third-order valence-electron chi connectivity index (χ3n) is 4.24. The Hall–Kier alpha value is -0.900. The molecule has 0 amide bonds. The fourth-order valence-electron chi connectivity index (χ4n) is 2.83. The molecule has 1 heterocycles. The highest BCUT2D eigenvalue weighted by atomic mass is 16.5. The zero-order valence-corrected chi connectivity index (χ0v) is 11.5. The highest BCUT2D eigenvalue weighted by Crippen LogP contribution is 2.40. The molecule has 3 heteroatoms. The molecule has 1 aliphatic carbocycles. The summed E-state index contributed by atoms with van der Waals surface area (Å²) in [4.78, 5) is 0. The van der Waals surface area contributed by atoms with Crippen molar-refractivity contribution in [3.8, 4) is 0 Å². The largest absolute Gasteiger partial charge is 0.377 e. The summed E-state index contributed by atoms with van der Waals surface area (Å²) in [6.07, 6.45) is 5.45. The molecule has 0 bridgehead atoms. The van der Waals surface area contributed by atoms with E-state index in [1.54, 1.807) is 0 Å². The molecule has 3 N–H and O–H groups in total. The zero-order valence-electron chi connectivity index (χ0n) is 11.5. The number of hydrogen-bond acceptors (Lipinski definition) is 3. The van der Waals surface area contributed by atoms with Gasteiger partial charge in [-0.2, -0.15) is 0 Å². The Labute approximate surface area is 115 Å². The third kappa shape index (κ3) is 3.35. The van der Waals surface area contributed by atoms with Gasteiger partial charge in [-0.25, -0.2) is 0 Å². The van der Waals surface area contributed by atoms with Crippen LogP contribution in [0.4, 0.5) is 0 Å². The van der Waals surface area contributed by atoms with Crippen molar-refractivity contribution < 1.29 is 4.74 Å². The Morgan fingerprint density at radius 1 is 1.21 bits per heavy atom. The van der Waals surface area contributed by atoms with Gasteiger partial charge in [0.25, 0.3) is 0 Å². The Bertz CT molecular complexity index is 394. The maximum absolute atomic E-state index is 5.90. The summed E-state index contributed by atoms with van der Waals surface area (Å²) < 4.78 is 5.64. The summed E-state index contributed by atoms with van der Waals surface area (Å²) in [6, 6.07) is 9.24. The monoisotopic (exact) mass is 260 g/mol. The van der Waals surface area contributed by atoms with Gasteiger partial charge in [-0.3, -0.25) is 0 Å². The second-order valence-corrected chi connectivity index (χ2v) is 5.77. The van der Waals surface area contributed by atoms with Crippen LogP contribution in [-0.2, 0) is 4.74 Å². The lowest BCUT2D eigenvalue weighted by molar-refractivity contribution is 0.107. The molecule has 3 rings (SSSR count). The first kappa shape index (κ1) is 13.1. The Kier molecular flexibility index (Phi) is 4.16. The standard InChI is InChI=1S/C16H24N2O/c17-10-16(18-11-15-2-1-9-19-15)14-7-5-13(6-8-14)12-3-4-12/h5-8,12,15-16,18H,1-4,9-11,17H2. The molecule has 1 aromatic rings. The second kappa shape index (κ2) is 6.04. The lowest BCUT2D eigenvalue weighted by Crippen LogP contribution is -2.34. The van der Waals surface area contributed by atoms with Crippen molar-refractivity contribution in [2.75, 3.05) is 19.7 Å². The Balaban J connectivity index is 1.57. The van der Waals surface area contributed by atoms with Gasteiger partial charge >= 0.3 is 0 Å². The predicted octanol–water partition coefficient (Wildman–Crippen LogP) is 2.33. The quantitative estimate of drug-likeness (QED) is 0.825. The third-order valence-corrected chi connectivity index (χ3v) is 4.24. The van der Waals surface area contributed by atoms with Gasteiger partial charge in [-0.05, 0) is 42.7 Å². The molecule has 1 saturated carbocycles. The van der Waals surface area contributed by atoms with Crippen molar-refractivity contribution >= 4 is 0 Å². The van der Waals surface area contributed by atoms with Gasteiger partial charge in [0.1, 0.15) is 0 Å². The molecule has 1 saturated heterocycles. The van der Waals surface area contributed by atoms with E-state index in [0.717, 1.165) is 19.1 Å². The zero-order chi connectivity index (χ0) is 13.1. The minimum Gasteiger partial charge on any atom is -0.377 e. The highest BCUT2D eigenvalue weighted by molar-refractivity contribution is 5.29. The number of rotatable bonds is 6. The van der Waals surface area contributed by atoms with E-state index in [0.29, 0.717) is 12.6 Å². The van der Waals surface area contributed by atoms with Gasteiger partial charge in [0.05, 0.1) is 6.10 Å². The van der Waals surface area contributed by atoms with Crippen molar-refractivity contribution in [2.45, 2.75) is 43.7 Å². The van der Waals surface area contributed by atoms with Crippen LogP contribution >= 0.6 is 0 Å². The molecule has 1 aliphatic heterocycles. The van der Waals surface area contributed by atoms with Gasteiger partial charge in [0.15, 0.2) is 0 Å². The summed E-state index contributed by atoms with van der Waals surface area (Å²) in [5.74, 6) is 0.824. The van der Waals surface area contributed by atoms with Crippen LogP contribution in [0.25, 0.3) is 0 Å². The lowest BCUT2D eigenvalue weighted by atomic mass is 10.0. The van der Waals surface area contributed by atoms with E-state index >= 15 is 0 Å². The number of benzene rings is 1. The van der Waals surface area contributed by atoms with Crippen LogP contribution in [0.1, 0.15) is 48.8 Å². The Morgan fingerprint density at radius 3 is 2.58 bits per heavy atom. The van der Waals surface area contributed by atoms with Crippen molar-refractivity contribution in [2.24, 2.45) is 5.73 Å². The van der Waals surface area contributed by atoms with Gasteiger partial charge in [-0.15, -0.1) is 0 Å². The smallest absolute Gasteiger partial charge is 0.0700 e. The predicted molar refractivity (Wildman–Crippen MR) is 77.2 cm³/mol. The average molecular weight is 260 g/mol. The summed E-state index contributed by atoms with van der Waals surface area (Å²) >= 11 is 0. The van der Waals surface area contributed by atoms with Crippen LogP contribution in [0.3, 0.4) is 0 Å². The maximum atomic E-state index is 5.90. The van der Waals surface area contributed by atoms with Crippen molar-refractivity contribution in [3.63, 3.8) is 0 Å². The number of nitrogens with two attached hydrogens (primary N) is 1. The summed E-state index contributed by atoms with van der Waals surface area (Å²) in [5.41, 5.74) is 8.68. The van der Waals surface area contributed by atoms with E-state index < -0.39 is 0 Å². The maximum Gasteiger partial charge on any atom is 0.0700 e. The SMILES string of the molecule is NCC(NCC1CCCO1)c1ccc(C2CC2)cc1. The number of nitrogens with one attached hydrogen (secondary N) is 1. The normalized spacial score (nSPS) is 24.6. The van der Waals surface area contributed by atoms with Gasteiger partial charge in [0, 0.05) is 25.7 Å². The van der Waals surface area contributed by atoms with E-state index in [1.807, 2.05) is 0 Å². The first-order valence-electron chi connectivity index (χ1n) is 7.51. The van der Waals surface area contributed by atoms with Gasteiger partial charge in [-0.1, -0.05) is 24.3 Å². The van der Waals surface area contributed by atoms with Crippen LogP contribution in [0, 0.1) is 0 Å². The molecular weight excluding hydrogens is 236 g/mol. The molecule has 104 valence electrons. The summed E-state index contributed by atoms with van der Waals surface area (Å²) in [6.45, 7) is 2.46. The summed E-state index contributed by atoms with van der Waals surface area (Å²) in [5, 5.41) is 3.54. The van der Waals surface area contributed by atoms with E-state index in [4.69, 9.17) is 10.5 Å². The molecule has 0 spiro atoms. The minimum atomic E-state index is 0.248. The average Bonchev–Trinajstić information content (AvgIpc) is 3.17. The van der Waals surface area contributed by atoms with Crippen molar-refractivity contribution in [1.82, 2.24) is 5.32 Å². The second-order valence-electron chi connectivity index (χ2n) is 5.77. The van der Waals surface area contributed by atoms with Crippen LogP contribution in [0.15, 0.2) is 24.3 Å². The van der Waals surface area contributed by atoms with E-state index in [1.165, 1.54) is 36.8 Å². The molecule has 2 unspecified atom stereocenters. The molecule has 0 aromatic heterocycles. The van der Waals surface area contributed by atoms with Crippen molar-refractivity contribution in [1.29, 1.82) is 0 Å². The minimum absolute atomic E-state index is 0.248. The molecule has 2 fully saturated rings. The van der Waals surface area contributed by atoms with Crippen molar-refractivity contribution in [3.05, 3.63) is 35.4 Å². The van der Waals surface area contributed by atoms with Crippen LogP contribution in [-0.4, -0.2) is 25.8 Å². The molecule has 2 atom stereocenters. The first-order valence-corrected chi connectivity index (χ1v) is 7.51. The fourth-order valence-corrected chi connectivity index (χ4v) is 2.83. The Morgan fingerprint density at radius 2 is 2.00 bits per heavy atom. The number of ether oxygens (including phenoxy) is 1. The molecule has 1 aromatic carbocycles. The van der Waals surface area contributed by atoms with Gasteiger partial charge in [0.2, 0.25) is 0 Å². The molecule has 3 nitrogen and oxygen atoms in total. The van der Waals surface area contributed by atoms with E-state index in [9.17, 15) is 0 Å². The summed E-state index contributed by atoms with van der Waals surface area (Å²) in [7, 11) is 0. The van der Waals surface area contributed by atoms with Crippen LogP contribution in [0.5, 0.6) is 0 Å². The van der Waals surface area contributed by atoms with Gasteiger partial charge < -0.3 is 15.8 Å². The molecule has 0 radical (unpaired) electrons. The van der Waals surface area contributed by atoms with Crippen LogP contribution in [0.2, 0.25) is 0 Å². The molecule has 2 aliphatic rings. The van der Waals surface area contributed by atoms with Crippen LogP contribution < -0.4 is 11.1 Å². The lowest BCUT2D eigenvalue weighted by Gasteiger charge is -2.20.